The number of carbonyl (C=O) groups excluding carboxylic acids is 2. The van der Waals surface area contributed by atoms with Crippen LogP contribution in [0, 0.1) is 6.92 Å². The average Bonchev–Trinajstić information content (AvgIpc) is 3.07. The summed E-state index contributed by atoms with van der Waals surface area (Å²) in [5, 5.41) is 0.678. The average molecular weight is 476 g/mol. The van der Waals surface area contributed by atoms with Crippen molar-refractivity contribution >= 4 is 44.6 Å². The quantitative estimate of drug-likeness (QED) is 0.664. The fourth-order valence-electron chi connectivity index (χ4n) is 4.26. The summed E-state index contributed by atoms with van der Waals surface area (Å²) in [5.41, 5.74) is 3.63. The number of sulfone groups is 1. The first kappa shape index (κ1) is 22.6. The molecule has 0 radical (unpaired) electrons. The van der Waals surface area contributed by atoms with Gasteiger partial charge in [-0.15, -0.1) is 0 Å². The zero-order valence-electron chi connectivity index (χ0n) is 18.2. The fraction of sp³-hybridized carbons (Fsp3) is 0.391. The molecule has 1 fully saturated rings. The first-order valence-corrected chi connectivity index (χ1v) is 12.6. The number of aryl methyl sites for hydroxylation is 1. The van der Waals surface area contributed by atoms with E-state index in [0.29, 0.717) is 36.8 Å². The first-order valence-electron chi connectivity index (χ1n) is 10.6. The van der Waals surface area contributed by atoms with Crippen LogP contribution in [0.3, 0.4) is 0 Å². The first-order chi connectivity index (χ1) is 15.2. The summed E-state index contributed by atoms with van der Waals surface area (Å²) < 4.78 is 25.6. The van der Waals surface area contributed by atoms with E-state index in [0.717, 1.165) is 16.9 Å². The zero-order chi connectivity index (χ0) is 23.0. The normalized spacial score (nSPS) is 16.5. The molecule has 0 unspecified atom stereocenters. The molecule has 0 spiro atoms. The Kier molecular flexibility index (Phi) is 6.18. The molecule has 0 N–H and O–H groups in total. The molecular formula is C23H26ClN3O4S. The molecule has 2 aromatic rings. The summed E-state index contributed by atoms with van der Waals surface area (Å²) >= 11 is 6.13. The van der Waals surface area contributed by atoms with Gasteiger partial charge in [-0.1, -0.05) is 17.7 Å². The molecule has 7 nitrogen and oxygen atoms in total. The van der Waals surface area contributed by atoms with Crippen LogP contribution in [-0.4, -0.2) is 64.1 Å². The Labute approximate surface area is 193 Å². The van der Waals surface area contributed by atoms with E-state index in [2.05, 4.69) is 4.90 Å². The summed E-state index contributed by atoms with van der Waals surface area (Å²) in [6.07, 6.45) is 0.138. The van der Waals surface area contributed by atoms with Crippen LogP contribution in [0.4, 0.5) is 11.4 Å². The molecule has 9 heteroatoms. The van der Waals surface area contributed by atoms with Gasteiger partial charge in [0.05, 0.1) is 17.1 Å². The number of benzene rings is 2. The van der Waals surface area contributed by atoms with Crippen LogP contribution in [-0.2, 0) is 25.8 Å². The van der Waals surface area contributed by atoms with Crippen molar-refractivity contribution in [2.75, 3.05) is 48.8 Å². The van der Waals surface area contributed by atoms with Crippen molar-refractivity contribution in [1.29, 1.82) is 0 Å². The van der Waals surface area contributed by atoms with Crippen molar-refractivity contribution in [3.63, 3.8) is 0 Å². The lowest BCUT2D eigenvalue weighted by Gasteiger charge is -2.37. The van der Waals surface area contributed by atoms with Crippen molar-refractivity contribution in [1.82, 2.24) is 4.90 Å². The van der Waals surface area contributed by atoms with Gasteiger partial charge in [0, 0.05) is 56.0 Å². The van der Waals surface area contributed by atoms with Crippen molar-refractivity contribution < 1.29 is 18.0 Å². The number of halogens is 1. The molecule has 0 aromatic heterocycles. The minimum Gasteiger partial charge on any atom is -0.368 e. The van der Waals surface area contributed by atoms with E-state index in [-0.39, 0.29) is 35.3 Å². The topological polar surface area (TPSA) is 78.0 Å². The number of rotatable bonds is 5. The summed E-state index contributed by atoms with van der Waals surface area (Å²) in [4.78, 5) is 30.1. The third-order valence-electron chi connectivity index (χ3n) is 6.22. The number of anilines is 2. The summed E-state index contributed by atoms with van der Waals surface area (Å²) in [6.45, 7) is 4.45. The Hall–Kier alpha value is -2.58. The molecule has 2 aliphatic heterocycles. The number of hydrogen-bond acceptors (Lipinski definition) is 5. The van der Waals surface area contributed by atoms with E-state index in [1.807, 2.05) is 25.1 Å². The highest BCUT2D eigenvalue weighted by Crippen LogP contribution is 2.30. The van der Waals surface area contributed by atoms with Crippen molar-refractivity contribution in [2.45, 2.75) is 24.7 Å². The smallest absolute Gasteiger partial charge is 0.231 e. The van der Waals surface area contributed by atoms with Crippen molar-refractivity contribution in [2.24, 2.45) is 0 Å². The molecule has 2 amide bonds. The number of fused-ring (bicyclic) bond motifs is 1. The summed E-state index contributed by atoms with van der Waals surface area (Å²) in [5.74, 6) is -0.467. The largest absolute Gasteiger partial charge is 0.368 e. The highest BCUT2D eigenvalue weighted by molar-refractivity contribution is 7.91. The number of hydrogen-bond donors (Lipinski definition) is 0. The van der Waals surface area contributed by atoms with Crippen LogP contribution in [0.5, 0.6) is 0 Å². The Balaban J connectivity index is 1.35. The highest BCUT2D eigenvalue weighted by Gasteiger charge is 2.28. The Morgan fingerprint density at radius 3 is 2.47 bits per heavy atom. The second kappa shape index (κ2) is 8.75. The van der Waals surface area contributed by atoms with Gasteiger partial charge in [0.25, 0.3) is 0 Å². The van der Waals surface area contributed by atoms with Crippen LogP contribution in [0.15, 0.2) is 41.3 Å². The molecule has 2 aromatic carbocycles. The van der Waals surface area contributed by atoms with Gasteiger partial charge in [0.15, 0.2) is 9.84 Å². The lowest BCUT2D eigenvalue weighted by Crippen LogP contribution is -2.49. The van der Waals surface area contributed by atoms with Gasteiger partial charge in [-0.05, 0) is 48.4 Å². The van der Waals surface area contributed by atoms with Crippen molar-refractivity contribution in [3.05, 3.63) is 52.5 Å². The van der Waals surface area contributed by atoms with E-state index in [1.54, 1.807) is 24.1 Å². The minimum atomic E-state index is -3.62. The lowest BCUT2D eigenvalue weighted by molar-refractivity contribution is -0.131. The van der Waals surface area contributed by atoms with Gasteiger partial charge >= 0.3 is 0 Å². The van der Waals surface area contributed by atoms with Gasteiger partial charge in [0.1, 0.15) is 0 Å². The number of carbonyl (C=O) groups is 2. The van der Waals surface area contributed by atoms with Gasteiger partial charge in [0.2, 0.25) is 11.8 Å². The monoisotopic (exact) mass is 475 g/mol. The van der Waals surface area contributed by atoms with Crippen LogP contribution in [0.25, 0.3) is 0 Å². The number of amides is 2. The molecule has 32 heavy (non-hydrogen) atoms. The zero-order valence-corrected chi connectivity index (χ0v) is 19.7. The molecule has 1 saturated heterocycles. The van der Waals surface area contributed by atoms with E-state index in [4.69, 9.17) is 11.6 Å². The van der Waals surface area contributed by atoms with Gasteiger partial charge < -0.3 is 14.7 Å². The van der Waals surface area contributed by atoms with E-state index >= 15 is 0 Å². The molecule has 0 saturated carbocycles. The van der Waals surface area contributed by atoms with Crippen LogP contribution >= 0.6 is 11.6 Å². The lowest BCUT2D eigenvalue weighted by atomic mass is 10.1. The fourth-order valence-corrected chi connectivity index (χ4v) is 5.70. The number of nitrogens with zero attached hydrogens (tertiary/aromatic N) is 3. The maximum Gasteiger partial charge on any atom is 0.231 e. The summed E-state index contributed by atoms with van der Waals surface area (Å²) in [7, 11) is -1.94. The van der Waals surface area contributed by atoms with Crippen LogP contribution in [0.1, 0.15) is 17.5 Å². The molecule has 0 aliphatic carbocycles. The maximum atomic E-state index is 12.8. The molecule has 2 aliphatic rings. The second-order valence-corrected chi connectivity index (χ2v) is 10.8. The minimum absolute atomic E-state index is 0.0585. The predicted octanol–water partition coefficient (Wildman–Crippen LogP) is 2.68. The SMILES string of the molecule is Cc1ccc(Cl)cc1N1CCN(C(=O)CCS(=O)(=O)c2ccc3c(c2)CC(=O)N3C)CC1. The Bertz CT molecular complexity index is 1170. The van der Waals surface area contributed by atoms with Gasteiger partial charge in [-0.25, -0.2) is 8.42 Å². The molecule has 0 atom stereocenters. The molecular weight excluding hydrogens is 450 g/mol. The van der Waals surface area contributed by atoms with E-state index < -0.39 is 9.84 Å². The highest BCUT2D eigenvalue weighted by atomic mass is 35.5. The van der Waals surface area contributed by atoms with Crippen LogP contribution in [0.2, 0.25) is 5.02 Å². The molecule has 2 heterocycles. The molecule has 0 bridgehead atoms. The maximum absolute atomic E-state index is 12.8. The molecule has 170 valence electrons. The second-order valence-electron chi connectivity index (χ2n) is 8.29. The number of piperazine rings is 1. The van der Waals surface area contributed by atoms with Crippen LogP contribution < -0.4 is 9.80 Å². The predicted molar refractivity (Wildman–Crippen MR) is 125 cm³/mol. The number of likely N-dealkylation sites (N-methyl/N-ethyl adjacent to an activating group) is 1. The summed E-state index contributed by atoms with van der Waals surface area (Å²) in [6, 6.07) is 10.5. The van der Waals surface area contributed by atoms with E-state index in [1.165, 1.54) is 11.0 Å². The third kappa shape index (κ3) is 4.47. The Morgan fingerprint density at radius 1 is 1.03 bits per heavy atom. The molecule has 4 rings (SSSR count). The Morgan fingerprint density at radius 2 is 1.75 bits per heavy atom. The van der Waals surface area contributed by atoms with Crippen molar-refractivity contribution in [3.8, 4) is 0 Å². The van der Waals surface area contributed by atoms with E-state index in [9.17, 15) is 18.0 Å². The van der Waals surface area contributed by atoms with Gasteiger partial charge in [-0.3, -0.25) is 9.59 Å². The van der Waals surface area contributed by atoms with Gasteiger partial charge in [-0.2, -0.15) is 0 Å². The standard InChI is InChI=1S/C23H26ClN3O4S/c1-16-3-4-18(24)15-21(16)26-8-10-27(11-9-26)22(28)7-12-32(30,31)19-5-6-20-17(13-19)14-23(29)25(20)2/h3-6,13,15H,7-12,14H2,1-2H3. The third-order valence-corrected chi connectivity index (χ3v) is 8.16.